The van der Waals surface area contributed by atoms with Gasteiger partial charge in [0, 0.05) is 18.5 Å². The van der Waals surface area contributed by atoms with E-state index >= 15 is 0 Å². The Hall–Kier alpha value is -3.01. The molecule has 3 aromatic heterocycles. The van der Waals surface area contributed by atoms with Crippen molar-refractivity contribution in [3.05, 3.63) is 52.7 Å². The number of carbonyl (C=O) groups excluding carboxylic acids is 2. The van der Waals surface area contributed by atoms with Crippen LogP contribution in [0.4, 0.5) is 0 Å². The van der Waals surface area contributed by atoms with E-state index in [1.807, 2.05) is 0 Å². The van der Waals surface area contributed by atoms with Gasteiger partial charge in [0.15, 0.2) is 17.2 Å². The molecule has 0 aromatic carbocycles. The second kappa shape index (κ2) is 8.12. The average molecular weight is 434 g/mol. The smallest absolute Gasteiger partial charge is 0.358 e. The summed E-state index contributed by atoms with van der Waals surface area (Å²) in [7, 11) is 0. The molecule has 3 rings (SSSR count). The molecule has 0 saturated carbocycles. The molecule has 0 amide bonds. The maximum absolute atomic E-state index is 11.8. The molecule has 3 heterocycles. The molecule has 0 saturated heterocycles. The van der Waals surface area contributed by atoms with Gasteiger partial charge < -0.3 is 9.47 Å². The number of hydrogen-bond acceptors (Lipinski definition) is 7. The molecule has 27 heavy (non-hydrogen) atoms. The van der Waals surface area contributed by atoms with Gasteiger partial charge in [0.25, 0.3) is 0 Å². The van der Waals surface area contributed by atoms with E-state index in [1.165, 1.54) is 9.36 Å². The van der Waals surface area contributed by atoms with Crippen molar-refractivity contribution in [2.75, 3.05) is 13.2 Å². The number of rotatable bonds is 6. The van der Waals surface area contributed by atoms with Gasteiger partial charge in [-0.15, -0.1) is 0 Å². The summed E-state index contributed by atoms with van der Waals surface area (Å²) in [6.07, 6.45) is 3.25. The number of nitrogens with zero attached hydrogens (tertiary/aromatic N) is 5. The fourth-order valence-corrected chi connectivity index (χ4v) is 2.68. The van der Waals surface area contributed by atoms with Crippen molar-refractivity contribution >= 4 is 27.9 Å². The third-order valence-electron chi connectivity index (χ3n) is 3.41. The lowest BCUT2D eigenvalue weighted by Crippen LogP contribution is -2.08. The summed E-state index contributed by atoms with van der Waals surface area (Å²) >= 11 is 3.35. The maximum atomic E-state index is 11.8. The van der Waals surface area contributed by atoms with Gasteiger partial charge in [-0.1, -0.05) is 0 Å². The minimum atomic E-state index is -0.502. The number of pyridine rings is 1. The van der Waals surface area contributed by atoms with Crippen molar-refractivity contribution in [3.63, 3.8) is 0 Å². The van der Waals surface area contributed by atoms with Crippen LogP contribution >= 0.6 is 15.9 Å². The summed E-state index contributed by atoms with van der Waals surface area (Å²) < 4.78 is 13.4. The molecule has 0 radical (unpaired) electrons. The number of esters is 2. The predicted molar refractivity (Wildman–Crippen MR) is 98.1 cm³/mol. The van der Waals surface area contributed by atoms with Crippen LogP contribution in [0.1, 0.15) is 34.8 Å². The van der Waals surface area contributed by atoms with Gasteiger partial charge in [0.1, 0.15) is 4.60 Å². The second-order valence-electron chi connectivity index (χ2n) is 5.24. The summed E-state index contributed by atoms with van der Waals surface area (Å²) in [5, 5.41) is 8.41. The highest BCUT2D eigenvalue weighted by molar-refractivity contribution is 9.10. The normalized spacial score (nSPS) is 10.6. The highest BCUT2D eigenvalue weighted by Gasteiger charge is 2.14. The van der Waals surface area contributed by atoms with E-state index < -0.39 is 11.9 Å². The zero-order valence-electron chi connectivity index (χ0n) is 14.6. The molecule has 3 aromatic rings. The second-order valence-corrected chi connectivity index (χ2v) is 6.05. The minimum absolute atomic E-state index is 0.184. The lowest BCUT2D eigenvalue weighted by Gasteiger charge is -2.06. The van der Waals surface area contributed by atoms with Crippen molar-refractivity contribution in [1.29, 1.82) is 0 Å². The molecule has 0 bridgehead atoms. The van der Waals surface area contributed by atoms with Crippen LogP contribution < -0.4 is 0 Å². The first-order valence-electron chi connectivity index (χ1n) is 8.15. The number of aromatic nitrogens is 5. The van der Waals surface area contributed by atoms with Crippen LogP contribution in [0.3, 0.4) is 0 Å². The lowest BCUT2D eigenvalue weighted by molar-refractivity contribution is 0.0509. The van der Waals surface area contributed by atoms with E-state index in [4.69, 9.17) is 9.47 Å². The van der Waals surface area contributed by atoms with Crippen molar-refractivity contribution in [2.45, 2.75) is 13.8 Å². The molecule has 0 atom stereocenters. The molecule has 0 spiro atoms. The minimum Gasteiger partial charge on any atom is -0.461 e. The van der Waals surface area contributed by atoms with Crippen LogP contribution in [0.25, 0.3) is 11.5 Å². The fourth-order valence-electron chi connectivity index (χ4n) is 2.27. The third kappa shape index (κ3) is 4.22. The fraction of sp³-hybridized carbons (Fsp3) is 0.235. The zero-order valence-corrected chi connectivity index (χ0v) is 16.2. The standard InChI is InChI=1S/C17H16BrN5O4/c1-3-26-16(24)12-5-7-22(20-12)11-9-14(18)19-15(10-11)23-8-6-13(21-23)17(25)27-4-2/h5-10H,3-4H2,1-2H3. The van der Waals surface area contributed by atoms with E-state index in [9.17, 15) is 9.59 Å². The zero-order chi connectivity index (χ0) is 19.4. The summed E-state index contributed by atoms with van der Waals surface area (Å²) in [6.45, 7) is 4.01. The monoisotopic (exact) mass is 433 g/mol. The van der Waals surface area contributed by atoms with E-state index in [2.05, 4.69) is 31.1 Å². The quantitative estimate of drug-likeness (QED) is 0.434. The number of ether oxygens (including phenoxy) is 2. The average Bonchev–Trinajstić information content (AvgIpc) is 3.32. The summed E-state index contributed by atoms with van der Waals surface area (Å²) in [6, 6.07) is 6.57. The van der Waals surface area contributed by atoms with Crippen LogP contribution in [-0.2, 0) is 9.47 Å². The largest absolute Gasteiger partial charge is 0.461 e. The molecule has 10 heteroatoms. The van der Waals surface area contributed by atoms with Crippen LogP contribution in [0.15, 0.2) is 41.3 Å². The molecule has 0 unspecified atom stereocenters. The van der Waals surface area contributed by atoms with Gasteiger partial charge in [-0.05, 0) is 48.0 Å². The Balaban J connectivity index is 1.91. The van der Waals surface area contributed by atoms with Crippen molar-refractivity contribution in [2.24, 2.45) is 0 Å². The summed E-state index contributed by atoms with van der Waals surface area (Å²) in [4.78, 5) is 27.9. The molecule has 0 fully saturated rings. The molecular formula is C17H16BrN5O4. The van der Waals surface area contributed by atoms with E-state index in [-0.39, 0.29) is 24.6 Å². The van der Waals surface area contributed by atoms with Crippen LogP contribution in [0.5, 0.6) is 0 Å². The number of carbonyl (C=O) groups is 2. The number of hydrogen-bond donors (Lipinski definition) is 0. The Morgan fingerprint density at radius 3 is 2.11 bits per heavy atom. The first-order chi connectivity index (χ1) is 13.0. The van der Waals surface area contributed by atoms with E-state index in [0.717, 1.165) is 0 Å². The van der Waals surface area contributed by atoms with Crippen LogP contribution in [-0.4, -0.2) is 49.7 Å². The molecule has 0 aliphatic rings. The SMILES string of the molecule is CCOC(=O)c1ccn(-c2cc(Br)nc(-n3ccc(C(=O)OCC)n3)c2)n1. The highest BCUT2D eigenvalue weighted by atomic mass is 79.9. The Kier molecular flexibility index (Phi) is 5.65. The molecule has 0 N–H and O–H groups in total. The molecule has 0 aliphatic heterocycles. The molecular weight excluding hydrogens is 418 g/mol. The molecule has 9 nitrogen and oxygen atoms in total. The first kappa shape index (κ1) is 18.8. The van der Waals surface area contributed by atoms with E-state index in [0.29, 0.717) is 16.1 Å². The lowest BCUT2D eigenvalue weighted by atomic mass is 10.4. The van der Waals surface area contributed by atoms with Gasteiger partial charge in [-0.25, -0.2) is 23.9 Å². The molecule has 0 aliphatic carbocycles. The van der Waals surface area contributed by atoms with Crippen molar-refractivity contribution in [1.82, 2.24) is 24.5 Å². The van der Waals surface area contributed by atoms with Gasteiger partial charge in [-0.3, -0.25) is 0 Å². The Labute approximate surface area is 163 Å². The Morgan fingerprint density at radius 1 is 0.963 bits per heavy atom. The Morgan fingerprint density at radius 2 is 1.52 bits per heavy atom. The maximum Gasteiger partial charge on any atom is 0.358 e. The van der Waals surface area contributed by atoms with Gasteiger partial charge in [0.2, 0.25) is 0 Å². The van der Waals surface area contributed by atoms with Gasteiger partial charge in [-0.2, -0.15) is 10.2 Å². The highest BCUT2D eigenvalue weighted by Crippen LogP contribution is 2.18. The van der Waals surface area contributed by atoms with Crippen molar-refractivity contribution < 1.29 is 19.1 Å². The van der Waals surface area contributed by atoms with Crippen LogP contribution in [0.2, 0.25) is 0 Å². The topological polar surface area (TPSA) is 101 Å². The third-order valence-corrected chi connectivity index (χ3v) is 3.82. The van der Waals surface area contributed by atoms with Gasteiger partial charge >= 0.3 is 11.9 Å². The first-order valence-corrected chi connectivity index (χ1v) is 8.95. The van der Waals surface area contributed by atoms with Gasteiger partial charge in [0.05, 0.1) is 18.9 Å². The summed E-state index contributed by atoms with van der Waals surface area (Å²) in [5.74, 6) is -0.531. The van der Waals surface area contributed by atoms with Crippen molar-refractivity contribution in [3.8, 4) is 11.5 Å². The molecule has 140 valence electrons. The van der Waals surface area contributed by atoms with E-state index in [1.54, 1.807) is 50.5 Å². The Bertz CT molecular complexity index is 907. The summed E-state index contributed by atoms with van der Waals surface area (Å²) in [5.41, 5.74) is 1.04. The van der Waals surface area contributed by atoms with Crippen LogP contribution in [0, 0.1) is 0 Å². The number of halogens is 1. The predicted octanol–water partition coefficient (Wildman–Crippen LogP) is 2.57.